The largest absolute Gasteiger partial charge is 0.357 e. The third-order valence-corrected chi connectivity index (χ3v) is 3.15. The number of rotatable bonds is 11. The molecule has 0 aromatic rings. The summed E-state index contributed by atoms with van der Waals surface area (Å²) in [6.07, 6.45) is 7.02. The molecule has 0 radical (unpaired) electrons. The van der Waals surface area contributed by atoms with Crippen molar-refractivity contribution in [3.8, 4) is 0 Å². The summed E-state index contributed by atoms with van der Waals surface area (Å²) in [6.45, 7) is 12.0. The highest BCUT2D eigenvalue weighted by Crippen LogP contribution is 2.01. The second-order valence-electron chi connectivity index (χ2n) is 5.77. The Kier molecular flexibility index (Phi) is 17.1. The molecule has 0 saturated heterocycles. The first-order chi connectivity index (χ1) is 10.5. The lowest BCUT2D eigenvalue weighted by Crippen LogP contribution is -2.39. The van der Waals surface area contributed by atoms with Crippen LogP contribution in [0.25, 0.3) is 0 Å². The molecule has 136 valence electrons. The Morgan fingerprint density at radius 2 is 2.00 bits per heavy atom. The minimum absolute atomic E-state index is 0. The Morgan fingerprint density at radius 3 is 2.57 bits per heavy atom. The molecule has 0 aromatic heterocycles. The van der Waals surface area contributed by atoms with Crippen molar-refractivity contribution in [2.45, 2.75) is 58.9 Å². The van der Waals surface area contributed by atoms with E-state index in [4.69, 9.17) is 0 Å². The molecule has 0 aliphatic rings. The second kappa shape index (κ2) is 16.1. The molecule has 0 aliphatic heterocycles. The Balaban J connectivity index is 0. The van der Waals surface area contributed by atoms with Gasteiger partial charge in [-0.2, -0.15) is 0 Å². The minimum Gasteiger partial charge on any atom is -0.357 e. The number of aliphatic imine (C=N–C) groups is 1. The van der Waals surface area contributed by atoms with Gasteiger partial charge in [0.1, 0.15) is 0 Å². The maximum Gasteiger partial charge on any atom is 0.222 e. The SMILES string of the molecule is C=CCCCCCN(C)C(=NCCC(=O)NC(C)C)NCC.I. The van der Waals surface area contributed by atoms with Crippen molar-refractivity contribution in [3.05, 3.63) is 12.7 Å². The van der Waals surface area contributed by atoms with Gasteiger partial charge in [-0.3, -0.25) is 9.79 Å². The van der Waals surface area contributed by atoms with Crippen LogP contribution in [-0.2, 0) is 4.79 Å². The number of halogens is 1. The lowest BCUT2D eigenvalue weighted by molar-refractivity contribution is -0.121. The fourth-order valence-corrected chi connectivity index (χ4v) is 2.05. The third-order valence-electron chi connectivity index (χ3n) is 3.15. The van der Waals surface area contributed by atoms with E-state index in [0.29, 0.717) is 13.0 Å². The van der Waals surface area contributed by atoms with Gasteiger partial charge in [-0.05, 0) is 40.0 Å². The summed E-state index contributed by atoms with van der Waals surface area (Å²) < 4.78 is 0. The first-order valence-corrected chi connectivity index (χ1v) is 8.41. The fraction of sp³-hybridized carbons (Fsp3) is 0.765. The highest BCUT2D eigenvalue weighted by atomic mass is 127. The van der Waals surface area contributed by atoms with E-state index in [9.17, 15) is 4.79 Å². The van der Waals surface area contributed by atoms with Crippen LogP contribution in [0.3, 0.4) is 0 Å². The van der Waals surface area contributed by atoms with Crippen molar-refractivity contribution in [1.29, 1.82) is 0 Å². The molecule has 0 aliphatic carbocycles. The molecule has 6 heteroatoms. The number of nitrogens with one attached hydrogen (secondary N) is 2. The van der Waals surface area contributed by atoms with Crippen molar-refractivity contribution in [1.82, 2.24) is 15.5 Å². The number of hydrogen-bond acceptors (Lipinski definition) is 2. The monoisotopic (exact) mass is 438 g/mol. The standard InChI is InChI=1S/C17H34N4O.HI/c1-6-8-9-10-11-14-21(5)17(18-7-2)19-13-12-16(22)20-15(3)4;/h6,15H,1,7-14H2,2-5H3,(H,18,19)(H,20,22);1H. The van der Waals surface area contributed by atoms with E-state index in [1.165, 1.54) is 12.8 Å². The van der Waals surface area contributed by atoms with Gasteiger partial charge in [0.2, 0.25) is 5.91 Å². The molecule has 1 amide bonds. The second-order valence-corrected chi connectivity index (χ2v) is 5.77. The minimum atomic E-state index is 0. The van der Waals surface area contributed by atoms with E-state index in [1.807, 2.05) is 27.0 Å². The van der Waals surface area contributed by atoms with Crippen LogP contribution in [0, 0.1) is 0 Å². The molecule has 0 heterocycles. The molecule has 2 N–H and O–H groups in total. The normalized spacial score (nSPS) is 10.9. The van der Waals surface area contributed by atoms with Gasteiger partial charge in [0.25, 0.3) is 0 Å². The summed E-state index contributed by atoms with van der Waals surface area (Å²) in [6, 6.07) is 0.183. The van der Waals surface area contributed by atoms with Crippen molar-refractivity contribution >= 4 is 35.8 Å². The van der Waals surface area contributed by atoms with Crippen LogP contribution in [0.4, 0.5) is 0 Å². The predicted octanol–water partition coefficient (Wildman–Crippen LogP) is 3.16. The van der Waals surface area contributed by atoms with E-state index in [0.717, 1.165) is 31.9 Å². The highest BCUT2D eigenvalue weighted by molar-refractivity contribution is 14.0. The van der Waals surface area contributed by atoms with Gasteiger partial charge in [0, 0.05) is 32.6 Å². The lowest BCUT2D eigenvalue weighted by Gasteiger charge is -2.22. The first kappa shape index (κ1) is 24.5. The number of guanidine groups is 1. The third kappa shape index (κ3) is 14.5. The van der Waals surface area contributed by atoms with Crippen LogP contribution in [0.1, 0.15) is 52.9 Å². The summed E-state index contributed by atoms with van der Waals surface area (Å²) in [5.74, 6) is 0.935. The quantitative estimate of drug-likeness (QED) is 0.171. The number of allylic oxidation sites excluding steroid dienone is 1. The van der Waals surface area contributed by atoms with E-state index >= 15 is 0 Å². The Hall–Kier alpha value is -0.790. The summed E-state index contributed by atoms with van der Waals surface area (Å²) in [5.41, 5.74) is 0. The number of carbonyl (C=O) groups is 1. The zero-order valence-electron chi connectivity index (χ0n) is 15.2. The number of carbonyl (C=O) groups excluding carboxylic acids is 1. The summed E-state index contributed by atoms with van der Waals surface area (Å²) in [5, 5.41) is 6.16. The van der Waals surface area contributed by atoms with Crippen LogP contribution in [0.2, 0.25) is 0 Å². The number of amides is 1. The average molecular weight is 438 g/mol. The summed E-state index contributed by atoms with van der Waals surface area (Å²) in [4.78, 5) is 18.3. The predicted molar refractivity (Wildman–Crippen MR) is 111 cm³/mol. The van der Waals surface area contributed by atoms with Gasteiger partial charge >= 0.3 is 0 Å². The van der Waals surface area contributed by atoms with Gasteiger partial charge in [0.05, 0.1) is 6.54 Å². The Labute approximate surface area is 159 Å². The topological polar surface area (TPSA) is 56.7 Å². The van der Waals surface area contributed by atoms with Crippen LogP contribution >= 0.6 is 24.0 Å². The van der Waals surface area contributed by atoms with Crippen LogP contribution in [-0.4, -0.2) is 49.5 Å². The Morgan fingerprint density at radius 1 is 1.30 bits per heavy atom. The van der Waals surface area contributed by atoms with Gasteiger partial charge in [-0.25, -0.2) is 0 Å². The molecule has 0 unspecified atom stereocenters. The molecule has 5 nitrogen and oxygen atoms in total. The molecular formula is C17H35IN4O. The molecule has 0 aromatic carbocycles. The maximum atomic E-state index is 11.6. The highest BCUT2D eigenvalue weighted by Gasteiger charge is 2.06. The van der Waals surface area contributed by atoms with Crippen molar-refractivity contribution in [2.24, 2.45) is 4.99 Å². The molecule has 0 rings (SSSR count). The van der Waals surface area contributed by atoms with Gasteiger partial charge in [0.15, 0.2) is 5.96 Å². The molecule has 0 atom stereocenters. The lowest BCUT2D eigenvalue weighted by atomic mass is 10.2. The van der Waals surface area contributed by atoms with Gasteiger partial charge in [-0.15, -0.1) is 30.6 Å². The summed E-state index contributed by atoms with van der Waals surface area (Å²) >= 11 is 0. The number of unbranched alkanes of at least 4 members (excludes halogenated alkanes) is 3. The van der Waals surface area contributed by atoms with E-state index in [-0.39, 0.29) is 35.9 Å². The molecule has 0 fully saturated rings. The maximum absolute atomic E-state index is 11.6. The van der Waals surface area contributed by atoms with E-state index < -0.39 is 0 Å². The molecule has 0 saturated carbocycles. The van der Waals surface area contributed by atoms with Crippen LogP contribution in [0.5, 0.6) is 0 Å². The zero-order valence-corrected chi connectivity index (χ0v) is 17.6. The van der Waals surface area contributed by atoms with Crippen molar-refractivity contribution in [3.63, 3.8) is 0 Å². The van der Waals surface area contributed by atoms with Crippen molar-refractivity contribution in [2.75, 3.05) is 26.7 Å². The van der Waals surface area contributed by atoms with Crippen LogP contribution in [0.15, 0.2) is 17.6 Å². The Bertz CT molecular complexity index is 345. The van der Waals surface area contributed by atoms with Crippen molar-refractivity contribution < 1.29 is 4.79 Å². The first-order valence-electron chi connectivity index (χ1n) is 8.41. The zero-order chi connectivity index (χ0) is 16.8. The molecule has 0 bridgehead atoms. The average Bonchev–Trinajstić information content (AvgIpc) is 2.45. The van der Waals surface area contributed by atoms with Gasteiger partial charge < -0.3 is 15.5 Å². The number of hydrogen-bond donors (Lipinski definition) is 2. The smallest absolute Gasteiger partial charge is 0.222 e. The molecular weight excluding hydrogens is 403 g/mol. The van der Waals surface area contributed by atoms with E-state index in [2.05, 4.69) is 34.0 Å². The van der Waals surface area contributed by atoms with Gasteiger partial charge in [-0.1, -0.05) is 12.5 Å². The molecule has 0 spiro atoms. The number of nitrogens with zero attached hydrogens (tertiary/aromatic N) is 2. The van der Waals surface area contributed by atoms with E-state index in [1.54, 1.807) is 0 Å². The summed E-state index contributed by atoms with van der Waals surface area (Å²) in [7, 11) is 2.04. The molecule has 23 heavy (non-hydrogen) atoms. The fourth-order valence-electron chi connectivity index (χ4n) is 2.05. The van der Waals surface area contributed by atoms with Crippen LogP contribution < -0.4 is 10.6 Å².